The minimum absolute atomic E-state index is 0.188. The highest BCUT2D eigenvalue weighted by Gasteiger charge is 2.31. The molecule has 0 spiro atoms. The zero-order valence-corrected chi connectivity index (χ0v) is 14.6. The van der Waals surface area contributed by atoms with Gasteiger partial charge in [0.15, 0.2) is 0 Å². The number of rotatable bonds is 4. The molecule has 1 aliphatic carbocycles. The maximum atomic E-state index is 12.0. The molecule has 3 aliphatic rings. The number of aromatic nitrogens is 1. The van der Waals surface area contributed by atoms with Crippen LogP contribution < -0.4 is 9.64 Å². The summed E-state index contributed by atoms with van der Waals surface area (Å²) in [5.74, 6) is 0.188. The summed E-state index contributed by atoms with van der Waals surface area (Å²) in [7, 11) is 0. The maximum Gasteiger partial charge on any atom is 0.275 e. The Kier molecular flexibility index (Phi) is 4.28. The molecule has 1 aromatic heterocycles. The van der Waals surface area contributed by atoms with Gasteiger partial charge in [-0.1, -0.05) is 24.7 Å². The molecule has 0 atom stereocenters. The Hall–Kier alpha value is -1.14. The average Bonchev–Trinajstić information content (AvgIpc) is 3.06. The minimum Gasteiger partial charge on any atom is -0.467 e. The summed E-state index contributed by atoms with van der Waals surface area (Å²) in [5, 5.41) is 1.77. The topological polar surface area (TPSA) is 45.7 Å². The quantitative estimate of drug-likeness (QED) is 0.849. The SMILES string of the molecule is CCC(=O)N1CCc2nc(OC3CCN(C4CCC4)CC3)sc21. The molecule has 1 saturated heterocycles. The Morgan fingerprint density at radius 1 is 1.26 bits per heavy atom. The third-order valence-electron chi connectivity index (χ3n) is 5.41. The molecule has 1 aromatic rings. The smallest absolute Gasteiger partial charge is 0.275 e. The lowest BCUT2D eigenvalue weighted by atomic mass is 9.90. The summed E-state index contributed by atoms with van der Waals surface area (Å²) < 4.78 is 6.14. The molecule has 0 N–H and O–H groups in total. The highest BCUT2D eigenvalue weighted by atomic mass is 32.1. The van der Waals surface area contributed by atoms with Crippen LogP contribution in [-0.2, 0) is 11.2 Å². The molecular weight excluding hydrogens is 310 g/mol. The third kappa shape index (κ3) is 2.98. The lowest BCUT2D eigenvalue weighted by Gasteiger charge is -2.41. The van der Waals surface area contributed by atoms with E-state index < -0.39 is 0 Å². The molecule has 1 saturated carbocycles. The number of fused-ring (bicyclic) bond motifs is 1. The van der Waals surface area contributed by atoms with E-state index in [1.165, 1.54) is 19.3 Å². The molecule has 126 valence electrons. The summed E-state index contributed by atoms with van der Waals surface area (Å²) in [6.07, 6.45) is 8.05. The molecule has 1 amide bonds. The largest absolute Gasteiger partial charge is 0.467 e. The number of thiazole rings is 1. The number of piperidine rings is 1. The Labute approximate surface area is 141 Å². The number of ether oxygens (including phenoxy) is 1. The van der Waals surface area contributed by atoms with Crippen LogP contribution in [0.5, 0.6) is 5.19 Å². The molecule has 0 unspecified atom stereocenters. The van der Waals surface area contributed by atoms with Gasteiger partial charge in [-0.15, -0.1) is 0 Å². The van der Waals surface area contributed by atoms with E-state index in [0.29, 0.717) is 6.42 Å². The number of nitrogens with zero attached hydrogens (tertiary/aromatic N) is 3. The average molecular weight is 335 g/mol. The summed E-state index contributed by atoms with van der Waals surface area (Å²) >= 11 is 1.55. The second-order valence-electron chi connectivity index (χ2n) is 6.82. The van der Waals surface area contributed by atoms with Gasteiger partial charge in [-0.2, -0.15) is 0 Å². The summed E-state index contributed by atoms with van der Waals surface area (Å²) in [4.78, 5) is 21.1. The minimum atomic E-state index is 0.188. The van der Waals surface area contributed by atoms with E-state index in [9.17, 15) is 4.79 Å². The van der Waals surface area contributed by atoms with Gasteiger partial charge in [0.1, 0.15) is 11.1 Å². The lowest BCUT2D eigenvalue weighted by molar-refractivity contribution is -0.118. The van der Waals surface area contributed by atoms with Gasteiger partial charge in [0.05, 0.1) is 5.69 Å². The number of carbonyl (C=O) groups is 1. The van der Waals surface area contributed by atoms with E-state index in [2.05, 4.69) is 9.88 Å². The number of hydrogen-bond donors (Lipinski definition) is 0. The first-order valence-corrected chi connectivity index (χ1v) is 9.77. The van der Waals surface area contributed by atoms with E-state index in [1.54, 1.807) is 11.3 Å². The van der Waals surface area contributed by atoms with Crippen LogP contribution >= 0.6 is 11.3 Å². The van der Waals surface area contributed by atoms with E-state index in [-0.39, 0.29) is 12.0 Å². The maximum absolute atomic E-state index is 12.0. The molecule has 4 rings (SSSR count). The second-order valence-corrected chi connectivity index (χ2v) is 7.76. The fourth-order valence-electron chi connectivity index (χ4n) is 3.75. The molecule has 0 radical (unpaired) electrons. The predicted molar refractivity (Wildman–Crippen MR) is 91.3 cm³/mol. The van der Waals surface area contributed by atoms with Gasteiger partial charge >= 0.3 is 0 Å². The number of anilines is 1. The van der Waals surface area contributed by atoms with Crippen LogP contribution in [-0.4, -0.2) is 47.6 Å². The second kappa shape index (κ2) is 6.40. The van der Waals surface area contributed by atoms with Crippen molar-refractivity contribution in [2.45, 2.75) is 64.0 Å². The highest BCUT2D eigenvalue weighted by Crippen LogP contribution is 2.39. The van der Waals surface area contributed by atoms with Gasteiger partial charge in [-0.05, 0) is 25.7 Å². The van der Waals surface area contributed by atoms with Gasteiger partial charge in [-0.25, -0.2) is 4.98 Å². The van der Waals surface area contributed by atoms with Crippen LogP contribution in [0.4, 0.5) is 5.00 Å². The number of amides is 1. The van der Waals surface area contributed by atoms with Crippen molar-refractivity contribution in [1.29, 1.82) is 0 Å². The Bertz CT molecular complexity index is 576. The van der Waals surface area contributed by atoms with Crippen molar-refractivity contribution >= 4 is 22.2 Å². The highest BCUT2D eigenvalue weighted by molar-refractivity contribution is 7.17. The molecule has 0 aromatic carbocycles. The van der Waals surface area contributed by atoms with Crippen molar-refractivity contribution < 1.29 is 9.53 Å². The first-order chi connectivity index (χ1) is 11.2. The Balaban J connectivity index is 1.34. The van der Waals surface area contributed by atoms with Gasteiger partial charge in [0.25, 0.3) is 5.19 Å². The van der Waals surface area contributed by atoms with Crippen molar-refractivity contribution in [2.24, 2.45) is 0 Å². The van der Waals surface area contributed by atoms with Crippen LogP contribution in [0.2, 0.25) is 0 Å². The Morgan fingerprint density at radius 3 is 2.70 bits per heavy atom. The standard InChI is InChI=1S/C17H25N3O2S/c1-2-15(21)20-11-8-14-16(20)23-17(18-14)22-13-6-9-19(10-7-13)12-4-3-5-12/h12-13H,2-11H2,1H3. The van der Waals surface area contributed by atoms with Crippen LogP contribution in [0.1, 0.15) is 51.1 Å². The normalized spacial score (nSPS) is 22.9. The number of carbonyl (C=O) groups excluding carboxylic acids is 1. The van der Waals surface area contributed by atoms with E-state index in [1.807, 2.05) is 11.8 Å². The summed E-state index contributed by atoms with van der Waals surface area (Å²) in [6.45, 7) is 5.00. The zero-order chi connectivity index (χ0) is 15.8. The molecule has 6 heteroatoms. The summed E-state index contributed by atoms with van der Waals surface area (Å²) in [6, 6.07) is 0.841. The molecule has 0 bridgehead atoms. The molecule has 2 fully saturated rings. The zero-order valence-electron chi connectivity index (χ0n) is 13.8. The van der Waals surface area contributed by atoms with Crippen molar-refractivity contribution in [3.63, 3.8) is 0 Å². The molecule has 23 heavy (non-hydrogen) atoms. The van der Waals surface area contributed by atoms with Crippen molar-refractivity contribution in [3.05, 3.63) is 5.69 Å². The fourth-order valence-corrected chi connectivity index (χ4v) is 4.82. The van der Waals surface area contributed by atoms with Gasteiger partial charge < -0.3 is 14.5 Å². The fraction of sp³-hybridized carbons (Fsp3) is 0.765. The van der Waals surface area contributed by atoms with Crippen LogP contribution in [0.3, 0.4) is 0 Å². The van der Waals surface area contributed by atoms with Crippen molar-refractivity contribution in [2.75, 3.05) is 24.5 Å². The first kappa shape index (κ1) is 15.4. The predicted octanol–water partition coefficient (Wildman–Crippen LogP) is 2.84. The van der Waals surface area contributed by atoms with E-state index in [0.717, 1.165) is 60.8 Å². The first-order valence-electron chi connectivity index (χ1n) is 8.95. The van der Waals surface area contributed by atoms with Crippen molar-refractivity contribution in [1.82, 2.24) is 9.88 Å². The van der Waals surface area contributed by atoms with E-state index in [4.69, 9.17) is 4.74 Å². The van der Waals surface area contributed by atoms with Gasteiger partial charge in [0, 0.05) is 38.5 Å². The van der Waals surface area contributed by atoms with Crippen LogP contribution in [0.25, 0.3) is 0 Å². The number of likely N-dealkylation sites (tertiary alicyclic amines) is 1. The monoisotopic (exact) mass is 335 g/mol. The van der Waals surface area contributed by atoms with Gasteiger partial charge in [0.2, 0.25) is 5.91 Å². The van der Waals surface area contributed by atoms with Gasteiger partial charge in [-0.3, -0.25) is 4.79 Å². The Morgan fingerprint density at radius 2 is 2.04 bits per heavy atom. The third-order valence-corrected chi connectivity index (χ3v) is 6.42. The molecule has 5 nitrogen and oxygen atoms in total. The van der Waals surface area contributed by atoms with Crippen LogP contribution in [0.15, 0.2) is 0 Å². The van der Waals surface area contributed by atoms with E-state index >= 15 is 0 Å². The van der Waals surface area contributed by atoms with Crippen molar-refractivity contribution in [3.8, 4) is 5.19 Å². The number of hydrogen-bond acceptors (Lipinski definition) is 5. The summed E-state index contributed by atoms with van der Waals surface area (Å²) in [5.41, 5.74) is 1.04. The molecular formula is C17H25N3O2S. The molecule has 3 heterocycles. The lowest BCUT2D eigenvalue weighted by Crippen LogP contribution is -2.46. The molecule has 2 aliphatic heterocycles. The van der Waals surface area contributed by atoms with Crippen LogP contribution in [0, 0.1) is 0 Å².